The molecule has 1 N–H and O–H groups in total. The molecule has 1 aliphatic heterocycles. The van der Waals surface area contributed by atoms with E-state index in [4.69, 9.17) is 0 Å². The van der Waals surface area contributed by atoms with Crippen molar-refractivity contribution in [3.8, 4) is 0 Å². The Morgan fingerprint density at radius 3 is 3.10 bits per heavy atom. The Kier molecular flexibility index (Phi) is 3.47. The van der Waals surface area contributed by atoms with Crippen molar-refractivity contribution < 1.29 is 4.79 Å². The number of carbonyl (C=O) groups is 1. The zero-order valence-corrected chi connectivity index (χ0v) is 11.4. The zero-order chi connectivity index (χ0) is 13.9. The van der Waals surface area contributed by atoms with Crippen LogP contribution in [0.5, 0.6) is 0 Å². The molecule has 2 heterocycles. The van der Waals surface area contributed by atoms with Gasteiger partial charge in [0.05, 0.1) is 6.20 Å². The third-order valence-electron chi connectivity index (χ3n) is 3.45. The van der Waals surface area contributed by atoms with E-state index in [2.05, 4.69) is 28.6 Å². The summed E-state index contributed by atoms with van der Waals surface area (Å²) in [5, 5.41) is 11.0. The summed E-state index contributed by atoms with van der Waals surface area (Å²) in [6, 6.07) is 8.26. The highest BCUT2D eigenvalue weighted by Gasteiger charge is 2.23. The van der Waals surface area contributed by atoms with Crippen LogP contribution in [0.4, 0.5) is 5.69 Å². The maximum Gasteiger partial charge on any atom is 0.248 e. The highest BCUT2D eigenvalue weighted by Crippen LogP contribution is 2.23. The number of nitrogens with zero attached hydrogens (tertiary/aromatic N) is 4. The molecule has 1 aliphatic rings. The summed E-state index contributed by atoms with van der Waals surface area (Å²) in [4.78, 5) is 14.4. The van der Waals surface area contributed by atoms with Crippen molar-refractivity contribution in [1.82, 2.24) is 20.3 Å². The molecule has 0 aliphatic carbocycles. The van der Waals surface area contributed by atoms with Crippen LogP contribution in [0.3, 0.4) is 0 Å². The van der Waals surface area contributed by atoms with Crippen molar-refractivity contribution in [1.29, 1.82) is 0 Å². The summed E-state index contributed by atoms with van der Waals surface area (Å²) in [6.45, 7) is 3.73. The summed E-state index contributed by atoms with van der Waals surface area (Å²) >= 11 is 0. The monoisotopic (exact) mass is 271 g/mol. The first-order valence-corrected chi connectivity index (χ1v) is 6.70. The van der Waals surface area contributed by atoms with Crippen molar-refractivity contribution >= 4 is 11.6 Å². The van der Waals surface area contributed by atoms with Gasteiger partial charge in [-0.05, 0) is 18.6 Å². The fourth-order valence-electron chi connectivity index (χ4n) is 2.42. The Morgan fingerprint density at radius 2 is 2.30 bits per heavy atom. The van der Waals surface area contributed by atoms with Gasteiger partial charge in [-0.3, -0.25) is 4.79 Å². The third-order valence-corrected chi connectivity index (χ3v) is 3.45. The summed E-state index contributed by atoms with van der Waals surface area (Å²) in [5.74, 6) is 0.0264. The lowest BCUT2D eigenvalue weighted by atomic mass is 10.1. The van der Waals surface area contributed by atoms with E-state index in [0.29, 0.717) is 6.54 Å². The molecule has 0 bridgehead atoms. The van der Waals surface area contributed by atoms with Gasteiger partial charge in [0, 0.05) is 31.0 Å². The number of rotatable bonds is 2. The molecule has 0 fully saturated rings. The molecule has 0 spiro atoms. The molecule has 0 saturated heterocycles. The number of para-hydroxylation sites is 1. The number of benzene rings is 1. The van der Waals surface area contributed by atoms with Crippen LogP contribution in [0.1, 0.15) is 12.5 Å². The van der Waals surface area contributed by atoms with Crippen LogP contribution in [-0.2, 0) is 17.9 Å². The van der Waals surface area contributed by atoms with Gasteiger partial charge in [-0.25, -0.2) is 4.68 Å². The van der Waals surface area contributed by atoms with Gasteiger partial charge in [-0.15, -0.1) is 5.10 Å². The number of hydrogen-bond donors (Lipinski definition) is 1. The number of carbonyl (C=O) groups excluding carboxylic acids is 1. The molecule has 104 valence electrons. The molecule has 6 nitrogen and oxygen atoms in total. The molecule has 6 heteroatoms. The summed E-state index contributed by atoms with van der Waals surface area (Å²) in [6.07, 6.45) is 3.27. The summed E-state index contributed by atoms with van der Waals surface area (Å²) in [7, 11) is 0. The highest BCUT2D eigenvalue weighted by molar-refractivity contribution is 5.94. The predicted molar refractivity (Wildman–Crippen MR) is 75.1 cm³/mol. The number of fused-ring (bicyclic) bond motifs is 1. The van der Waals surface area contributed by atoms with Crippen LogP contribution in [0, 0.1) is 0 Å². The maximum absolute atomic E-state index is 12.5. The van der Waals surface area contributed by atoms with Crippen molar-refractivity contribution in [2.45, 2.75) is 26.1 Å². The average Bonchev–Trinajstić information content (AvgIpc) is 2.89. The van der Waals surface area contributed by atoms with Gasteiger partial charge < -0.3 is 10.2 Å². The lowest BCUT2D eigenvalue weighted by molar-refractivity contribution is -0.119. The molecule has 1 amide bonds. The van der Waals surface area contributed by atoms with Crippen molar-refractivity contribution in [2.24, 2.45) is 0 Å². The van der Waals surface area contributed by atoms with Crippen molar-refractivity contribution in [3.05, 3.63) is 42.2 Å². The lowest BCUT2D eigenvalue weighted by Gasteiger charge is -2.24. The lowest BCUT2D eigenvalue weighted by Crippen LogP contribution is -2.41. The second-order valence-electron chi connectivity index (χ2n) is 5.02. The van der Waals surface area contributed by atoms with Gasteiger partial charge in [0.25, 0.3) is 0 Å². The number of hydrogen-bond acceptors (Lipinski definition) is 4. The number of aromatic nitrogens is 3. The molecule has 2 aromatic rings. The molecule has 1 aromatic carbocycles. The Bertz CT molecular complexity index is 595. The first kappa shape index (κ1) is 12.8. The van der Waals surface area contributed by atoms with Gasteiger partial charge in [-0.1, -0.05) is 23.4 Å². The van der Waals surface area contributed by atoms with Crippen LogP contribution in [0.25, 0.3) is 0 Å². The van der Waals surface area contributed by atoms with Crippen LogP contribution in [0.2, 0.25) is 0 Å². The SMILES string of the molecule is CC1CN(C(=O)Cn2ccnn2)c2ccccc2CN1. The fraction of sp³-hybridized carbons (Fsp3) is 0.357. The predicted octanol–water partition coefficient (Wildman–Crippen LogP) is 0.803. The summed E-state index contributed by atoms with van der Waals surface area (Å²) in [5.41, 5.74) is 2.12. The largest absolute Gasteiger partial charge is 0.309 e. The molecule has 1 unspecified atom stereocenters. The smallest absolute Gasteiger partial charge is 0.248 e. The number of nitrogens with one attached hydrogen (secondary N) is 1. The van der Waals surface area contributed by atoms with Crippen molar-refractivity contribution in [2.75, 3.05) is 11.4 Å². The van der Waals surface area contributed by atoms with Crippen LogP contribution in [0.15, 0.2) is 36.7 Å². The topological polar surface area (TPSA) is 63.1 Å². The summed E-state index contributed by atoms with van der Waals surface area (Å²) < 4.78 is 1.55. The Balaban J connectivity index is 1.88. The van der Waals surface area contributed by atoms with E-state index >= 15 is 0 Å². The van der Waals surface area contributed by atoms with Gasteiger partial charge in [0.15, 0.2) is 0 Å². The molecular weight excluding hydrogens is 254 g/mol. The Morgan fingerprint density at radius 1 is 1.45 bits per heavy atom. The minimum absolute atomic E-state index is 0.0264. The zero-order valence-electron chi connectivity index (χ0n) is 11.4. The maximum atomic E-state index is 12.5. The second-order valence-corrected chi connectivity index (χ2v) is 5.02. The molecule has 1 atom stereocenters. The van der Waals surface area contributed by atoms with Gasteiger partial charge in [0.2, 0.25) is 5.91 Å². The molecular formula is C14H17N5O. The van der Waals surface area contributed by atoms with Crippen LogP contribution < -0.4 is 10.2 Å². The Labute approximate surface area is 117 Å². The molecule has 1 aromatic heterocycles. The van der Waals surface area contributed by atoms with E-state index in [0.717, 1.165) is 17.8 Å². The van der Waals surface area contributed by atoms with E-state index in [1.54, 1.807) is 17.1 Å². The van der Waals surface area contributed by atoms with Crippen molar-refractivity contribution in [3.63, 3.8) is 0 Å². The molecule has 0 saturated carbocycles. The molecule has 20 heavy (non-hydrogen) atoms. The minimum Gasteiger partial charge on any atom is -0.309 e. The van der Waals surface area contributed by atoms with Gasteiger partial charge >= 0.3 is 0 Å². The average molecular weight is 271 g/mol. The first-order valence-electron chi connectivity index (χ1n) is 6.70. The minimum atomic E-state index is 0.0264. The van der Waals surface area contributed by atoms with Gasteiger partial charge in [0.1, 0.15) is 6.54 Å². The van der Waals surface area contributed by atoms with E-state index in [-0.39, 0.29) is 18.5 Å². The highest BCUT2D eigenvalue weighted by atomic mass is 16.2. The number of anilines is 1. The second kappa shape index (κ2) is 5.42. The van der Waals surface area contributed by atoms with Crippen LogP contribution >= 0.6 is 0 Å². The first-order chi connectivity index (χ1) is 9.74. The molecule has 3 rings (SSSR count). The van der Waals surface area contributed by atoms with E-state index in [9.17, 15) is 4.79 Å². The van der Waals surface area contributed by atoms with Gasteiger partial charge in [-0.2, -0.15) is 0 Å². The Hall–Kier alpha value is -2.21. The normalized spacial score (nSPS) is 18.4. The standard InChI is InChI=1S/C14H17N5O/c1-11-9-19(14(20)10-18-7-6-16-17-18)13-5-3-2-4-12(13)8-15-11/h2-7,11,15H,8-10H2,1H3. The quantitative estimate of drug-likeness (QED) is 0.877. The molecule has 0 radical (unpaired) electrons. The van der Waals surface area contributed by atoms with E-state index in [1.807, 2.05) is 23.1 Å². The fourth-order valence-corrected chi connectivity index (χ4v) is 2.42. The number of amides is 1. The third kappa shape index (κ3) is 2.55. The van der Waals surface area contributed by atoms with E-state index < -0.39 is 0 Å². The van der Waals surface area contributed by atoms with Crippen LogP contribution in [-0.4, -0.2) is 33.5 Å². The van der Waals surface area contributed by atoms with E-state index in [1.165, 1.54) is 0 Å².